The first-order valence-corrected chi connectivity index (χ1v) is 18.5. The monoisotopic (exact) mass is 763 g/mol. The van der Waals surface area contributed by atoms with Crippen molar-refractivity contribution in [2.45, 2.75) is 79.8 Å². The van der Waals surface area contributed by atoms with Crippen LogP contribution in [0.5, 0.6) is 11.5 Å². The topological polar surface area (TPSA) is 215 Å². The summed E-state index contributed by atoms with van der Waals surface area (Å²) in [6, 6.07) is 2.67. The number of β-lactam (4-membered cyclic amide) rings is 2. The highest BCUT2D eigenvalue weighted by molar-refractivity contribution is 8.03. The number of aliphatic carboxylic acids is 2. The van der Waals surface area contributed by atoms with Gasteiger partial charge in [0.15, 0.2) is 0 Å². The molecule has 5 aliphatic rings. The molecular formula is C34H45N5O11S2. The molecule has 0 aromatic heterocycles. The van der Waals surface area contributed by atoms with E-state index in [1.807, 2.05) is 6.92 Å². The highest BCUT2D eigenvalue weighted by atomic mass is 32.2. The van der Waals surface area contributed by atoms with E-state index in [1.54, 1.807) is 58.0 Å². The van der Waals surface area contributed by atoms with E-state index in [4.69, 9.17) is 9.47 Å². The number of amides is 4. The van der Waals surface area contributed by atoms with Gasteiger partial charge in [0.1, 0.15) is 40.2 Å². The van der Waals surface area contributed by atoms with Crippen LogP contribution in [0.2, 0.25) is 0 Å². The molecule has 0 spiro atoms. The second kappa shape index (κ2) is 14.8. The van der Waals surface area contributed by atoms with Crippen molar-refractivity contribution in [3.05, 3.63) is 34.4 Å². The van der Waals surface area contributed by atoms with Gasteiger partial charge in [0, 0.05) is 41.5 Å². The van der Waals surface area contributed by atoms with E-state index >= 15 is 0 Å². The molecule has 284 valence electrons. The molecule has 9 atom stereocenters. The zero-order valence-electron chi connectivity index (χ0n) is 30.1. The minimum absolute atomic E-state index is 0.00757. The maximum atomic E-state index is 12.8. The van der Waals surface area contributed by atoms with Crippen molar-refractivity contribution in [2.75, 3.05) is 34.9 Å². The van der Waals surface area contributed by atoms with Crippen LogP contribution in [0, 0.1) is 11.8 Å². The van der Waals surface area contributed by atoms with Crippen LogP contribution in [0.3, 0.4) is 0 Å². The Bertz CT molecular complexity index is 1680. The van der Waals surface area contributed by atoms with Gasteiger partial charge in [-0.25, -0.2) is 9.59 Å². The predicted octanol–water partition coefficient (Wildman–Crippen LogP) is 0.641. The van der Waals surface area contributed by atoms with Crippen LogP contribution < -0.4 is 20.1 Å². The van der Waals surface area contributed by atoms with Crippen molar-refractivity contribution in [3.8, 4) is 11.5 Å². The van der Waals surface area contributed by atoms with Crippen LogP contribution in [-0.4, -0.2) is 146 Å². The molecule has 18 heteroatoms. The number of nitrogens with one attached hydrogen (secondary N) is 2. The fraction of sp³-hybridized carbons (Fsp3) is 0.588. The second-order valence-electron chi connectivity index (χ2n) is 14.0. The summed E-state index contributed by atoms with van der Waals surface area (Å²) in [7, 11) is 6.30. The molecular weight excluding hydrogens is 719 g/mol. The zero-order chi connectivity index (χ0) is 38.6. The lowest BCUT2D eigenvalue weighted by Gasteiger charge is -2.46. The van der Waals surface area contributed by atoms with Gasteiger partial charge in [-0.05, 0) is 39.3 Å². The third-order valence-electron chi connectivity index (χ3n) is 10.1. The number of methoxy groups -OCH3 is 2. The molecule has 1 aromatic carbocycles. The van der Waals surface area contributed by atoms with Gasteiger partial charge in [-0.2, -0.15) is 0 Å². The van der Waals surface area contributed by atoms with Crippen LogP contribution in [-0.2, 0) is 24.0 Å². The van der Waals surface area contributed by atoms with Gasteiger partial charge in [0.05, 0.1) is 38.3 Å². The first-order valence-electron chi connectivity index (χ1n) is 16.7. The largest absolute Gasteiger partial charge is 0.496 e. The number of aliphatic hydroxyl groups excluding tert-OH is 1. The number of thioether (sulfide) groups is 2. The molecule has 0 saturated carbocycles. The van der Waals surface area contributed by atoms with Gasteiger partial charge in [-0.3, -0.25) is 19.2 Å². The number of carboxylic acids is 2. The standard InChI is InChI=1S/C17H25N3O5S.C17H20N2O6S/c1-7-12-11(8(2)21)16(23)20(12)13(17(24)25)14(7)26-9-5-10(18-6-9)15(22)19(3)4;1-17(2)12(16(22)23)19-14(21)11(15(19)26-17)18-13(20)10-8(24-3)6-5-7-9(10)25-4/h7-12,18,21H,5-6H2,1-4H3,(H,24,25);5-7,11-12,15H,1-4H3,(H,18,20)(H,22,23)/t7-,8-,9+,10+,11-,12-;11-,12+,15-/m11/s1. The minimum atomic E-state index is -1.12. The van der Waals surface area contributed by atoms with Gasteiger partial charge >= 0.3 is 11.9 Å². The number of carbonyl (C=O) groups excluding carboxylic acids is 4. The number of carboxylic acid groups (broad SMARTS) is 2. The lowest BCUT2D eigenvalue weighted by atomic mass is 9.79. The van der Waals surface area contributed by atoms with E-state index in [0.29, 0.717) is 29.4 Å². The molecule has 1 aromatic rings. The highest BCUT2D eigenvalue weighted by Crippen LogP contribution is 2.52. The average Bonchev–Trinajstić information content (AvgIpc) is 3.72. The number of ether oxygens (including phenoxy) is 2. The summed E-state index contributed by atoms with van der Waals surface area (Å²) in [4.78, 5) is 77.9. The van der Waals surface area contributed by atoms with Crippen LogP contribution >= 0.6 is 23.5 Å². The maximum absolute atomic E-state index is 12.8. The summed E-state index contributed by atoms with van der Waals surface area (Å²) in [5.74, 6) is -3.43. The molecule has 5 aliphatic heterocycles. The normalized spacial score (nSPS) is 30.2. The van der Waals surface area contributed by atoms with E-state index < -0.39 is 58.0 Å². The van der Waals surface area contributed by atoms with Crippen LogP contribution in [0.15, 0.2) is 28.8 Å². The fourth-order valence-electron chi connectivity index (χ4n) is 7.58. The number of aliphatic hydroxyl groups is 1. The number of carbonyl (C=O) groups is 6. The van der Waals surface area contributed by atoms with Crippen molar-refractivity contribution >= 4 is 59.1 Å². The number of likely N-dealkylation sites (N-methyl/N-ethyl adjacent to an activating group) is 1. The van der Waals surface area contributed by atoms with Crippen molar-refractivity contribution in [2.24, 2.45) is 11.8 Å². The van der Waals surface area contributed by atoms with E-state index in [1.165, 1.54) is 47.5 Å². The third kappa shape index (κ3) is 6.69. The molecule has 4 fully saturated rings. The predicted molar refractivity (Wildman–Crippen MR) is 191 cm³/mol. The second-order valence-corrected chi connectivity index (χ2v) is 17.1. The Labute approximate surface area is 309 Å². The Balaban J connectivity index is 0.000000201. The van der Waals surface area contributed by atoms with E-state index in [-0.39, 0.29) is 46.3 Å². The lowest BCUT2D eigenvalue weighted by Crippen LogP contribution is -2.70. The van der Waals surface area contributed by atoms with Gasteiger partial charge in [-0.15, -0.1) is 23.5 Å². The zero-order valence-corrected chi connectivity index (χ0v) is 31.7. The minimum Gasteiger partial charge on any atom is -0.496 e. The number of benzene rings is 1. The maximum Gasteiger partial charge on any atom is 0.353 e. The summed E-state index contributed by atoms with van der Waals surface area (Å²) < 4.78 is 9.79. The van der Waals surface area contributed by atoms with Gasteiger partial charge in [0.2, 0.25) is 17.7 Å². The number of nitrogens with zero attached hydrogens (tertiary/aromatic N) is 3. The summed E-state index contributed by atoms with van der Waals surface area (Å²) in [6.45, 7) is 7.64. The van der Waals surface area contributed by atoms with E-state index in [2.05, 4.69) is 10.6 Å². The van der Waals surface area contributed by atoms with E-state index in [0.717, 1.165) is 0 Å². The number of hydrogen-bond acceptors (Lipinski definition) is 12. The first kappa shape index (κ1) is 39.2. The molecule has 5 N–H and O–H groups in total. The average molecular weight is 764 g/mol. The van der Waals surface area contributed by atoms with Gasteiger partial charge < -0.3 is 50.1 Å². The number of hydrogen-bond donors (Lipinski definition) is 5. The van der Waals surface area contributed by atoms with E-state index in [9.17, 15) is 44.1 Å². The Morgan fingerprint density at radius 3 is 2.23 bits per heavy atom. The lowest BCUT2D eigenvalue weighted by molar-refractivity contribution is -0.163. The number of rotatable bonds is 10. The van der Waals surface area contributed by atoms with Gasteiger partial charge in [-0.1, -0.05) is 13.0 Å². The molecule has 16 nitrogen and oxygen atoms in total. The van der Waals surface area contributed by atoms with Crippen LogP contribution in [0.25, 0.3) is 0 Å². The van der Waals surface area contributed by atoms with Crippen molar-refractivity contribution in [1.29, 1.82) is 0 Å². The Morgan fingerprint density at radius 2 is 1.71 bits per heavy atom. The van der Waals surface area contributed by atoms with Crippen LogP contribution in [0.1, 0.15) is 44.5 Å². The van der Waals surface area contributed by atoms with Crippen molar-refractivity contribution in [3.63, 3.8) is 0 Å². The van der Waals surface area contributed by atoms with Crippen molar-refractivity contribution < 1.29 is 53.6 Å². The Kier molecular flexibility index (Phi) is 11.2. The molecule has 0 bridgehead atoms. The quantitative estimate of drug-likeness (QED) is 0.207. The summed E-state index contributed by atoms with van der Waals surface area (Å²) >= 11 is 2.82. The molecule has 52 heavy (non-hydrogen) atoms. The summed E-state index contributed by atoms with van der Waals surface area (Å²) in [5.41, 5.74) is 0.234. The first-order chi connectivity index (χ1) is 24.4. The summed E-state index contributed by atoms with van der Waals surface area (Å²) in [6.07, 6.45) is -0.190. The molecule has 0 radical (unpaired) electrons. The third-order valence-corrected chi connectivity index (χ3v) is 13.1. The molecule has 0 aliphatic carbocycles. The molecule has 4 amide bonds. The molecule has 4 saturated heterocycles. The molecule has 5 heterocycles. The smallest absolute Gasteiger partial charge is 0.353 e. The molecule has 6 rings (SSSR count). The number of fused-ring (bicyclic) bond motifs is 2. The van der Waals surface area contributed by atoms with Crippen LogP contribution in [0.4, 0.5) is 0 Å². The van der Waals surface area contributed by atoms with Gasteiger partial charge in [0.25, 0.3) is 5.91 Å². The highest BCUT2D eigenvalue weighted by Gasteiger charge is 2.64. The summed E-state index contributed by atoms with van der Waals surface area (Å²) in [5, 5.41) is 34.5. The Morgan fingerprint density at radius 1 is 1.10 bits per heavy atom. The SMILES string of the molecule is COc1cccc(OC)c1C(=O)N[C@@H]1C(=O)N2[C@@H]1SC(C)(C)[C@@H]2C(=O)O.C[C@@H](O)[C@H]1C(=O)N2C(C(=O)O)=C(S[C@@H]3CN[C@H](C(=O)N(C)C)C3)[C@H](C)[C@H]12. The molecule has 0 unspecified atom stereocenters. The van der Waals surface area contributed by atoms with Crippen molar-refractivity contribution in [1.82, 2.24) is 25.3 Å². The fourth-order valence-corrected chi connectivity index (χ4v) is 10.7. The Hall–Kier alpha value is -4.00.